The summed E-state index contributed by atoms with van der Waals surface area (Å²) in [6.45, 7) is 0. The van der Waals surface area contributed by atoms with Crippen molar-refractivity contribution >= 4 is 0 Å². The van der Waals surface area contributed by atoms with Gasteiger partial charge in [-0.25, -0.2) is 0 Å². The van der Waals surface area contributed by atoms with Crippen LogP contribution in [0, 0.1) is 9.55 Å². The van der Waals surface area contributed by atoms with Gasteiger partial charge in [0.05, 0.1) is 0 Å². The molecule has 0 aliphatic heterocycles. The fraction of sp³-hybridized carbons (Fsp3) is 0. The van der Waals surface area contributed by atoms with Gasteiger partial charge in [0.2, 0.25) is 0 Å². The molecule has 0 saturated heterocycles. The molecule has 0 spiro atoms. The molecule has 0 aromatic carbocycles. The number of hydrogen-bond acceptors (Lipinski definition) is 1. The van der Waals surface area contributed by atoms with Crippen molar-refractivity contribution in [1.82, 2.24) is 0 Å². The Balaban J connectivity index is 0. The minimum atomic E-state index is 0. The topological polar surface area (TPSA) is 23.8 Å². The SMILES string of the molecule is N#[C][Au].[Cu]. The van der Waals surface area contributed by atoms with Gasteiger partial charge in [0, 0.05) is 17.1 Å². The van der Waals surface area contributed by atoms with Crippen molar-refractivity contribution in [3.8, 4) is 4.29 Å². The predicted molar refractivity (Wildman–Crippen MR) is 5.61 cm³/mol. The van der Waals surface area contributed by atoms with Crippen LogP contribution in [0.2, 0.25) is 0 Å². The van der Waals surface area contributed by atoms with Gasteiger partial charge in [0.1, 0.15) is 0 Å². The van der Waals surface area contributed by atoms with Gasteiger partial charge in [-0.15, -0.1) is 0 Å². The fourth-order valence-corrected chi connectivity index (χ4v) is 0. The van der Waals surface area contributed by atoms with Crippen molar-refractivity contribution in [3.63, 3.8) is 0 Å². The number of hydrogen-bond donors (Lipinski definition) is 0. The monoisotopic (exact) mass is 286 g/mol. The third kappa shape index (κ3) is 15.0. The van der Waals surface area contributed by atoms with Crippen LogP contribution in [-0.4, -0.2) is 0 Å². The van der Waals surface area contributed by atoms with E-state index >= 15 is 0 Å². The second-order valence-corrected chi connectivity index (χ2v) is 0.552. The van der Waals surface area contributed by atoms with Gasteiger partial charge in [0.25, 0.3) is 0 Å². The van der Waals surface area contributed by atoms with Crippen LogP contribution >= 0.6 is 0 Å². The first-order valence-corrected chi connectivity index (χ1v) is 1.46. The molecule has 0 aromatic rings. The number of rotatable bonds is 0. The second-order valence-electron chi connectivity index (χ2n) is 0.0674. The van der Waals surface area contributed by atoms with Gasteiger partial charge in [-0.05, 0) is 0 Å². The largest absolute Gasteiger partial charge is 0 e. The number of nitriles is 1. The molecular formula is CAuCuN. The Hall–Kier alpha value is 0.750. The summed E-state index contributed by atoms with van der Waals surface area (Å²) in [5.41, 5.74) is 0. The first-order valence-electron chi connectivity index (χ1n) is 0.374. The smallest absolute Gasteiger partial charge is 0 e. The van der Waals surface area contributed by atoms with Crippen molar-refractivity contribution in [2.45, 2.75) is 0 Å². The van der Waals surface area contributed by atoms with Crippen molar-refractivity contribution in [3.05, 3.63) is 0 Å². The Morgan fingerprint density at radius 3 is 1.75 bits per heavy atom. The summed E-state index contributed by atoms with van der Waals surface area (Å²) in [4.78, 5) is 0. The molecule has 31 valence electrons. The van der Waals surface area contributed by atoms with Gasteiger partial charge in [0.15, 0.2) is 0 Å². The zero-order valence-electron chi connectivity index (χ0n) is 1.55. The van der Waals surface area contributed by atoms with Crippen LogP contribution in [-0.2, 0) is 38.1 Å². The van der Waals surface area contributed by atoms with E-state index in [-0.39, 0.29) is 17.1 Å². The minimum Gasteiger partial charge on any atom is 0 e. The van der Waals surface area contributed by atoms with E-state index in [2.05, 4.69) is 0 Å². The molecule has 0 atom stereocenters. The molecule has 1 nitrogen and oxygen atoms in total. The third-order valence-corrected chi connectivity index (χ3v) is 0. The zero-order valence-corrected chi connectivity index (χ0v) is 4.66. The molecule has 0 rings (SSSR count). The maximum Gasteiger partial charge on any atom is 0 e. The van der Waals surface area contributed by atoms with Gasteiger partial charge >= 0.3 is 30.6 Å². The molecule has 0 heterocycles. The molecule has 1 radical (unpaired) electrons. The maximum absolute atomic E-state index is 7.29. The van der Waals surface area contributed by atoms with E-state index in [1.54, 1.807) is 25.4 Å². The van der Waals surface area contributed by atoms with Gasteiger partial charge < -0.3 is 0 Å². The van der Waals surface area contributed by atoms with Gasteiger partial charge in [-0.3, -0.25) is 0 Å². The van der Waals surface area contributed by atoms with E-state index in [9.17, 15) is 0 Å². The Bertz CT molecular complexity index is 29.5. The van der Waals surface area contributed by atoms with E-state index < -0.39 is 0 Å². The Morgan fingerprint density at radius 1 is 1.75 bits per heavy atom. The molecule has 0 saturated carbocycles. The molecule has 0 N–H and O–H groups in total. The van der Waals surface area contributed by atoms with Crippen LogP contribution < -0.4 is 0 Å². The summed E-state index contributed by atoms with van der Waals surface area (Å²) in [5, 5.41) is 7.29. The first-order chi connectivity index (χ1) is 1.41. The van der Waals surface area contributed by atoms with Crippen molar-refractivity contribution in [2.24, 2.45) is 0 Å². The van der Waals surface area contributed by atoms with Crippen molar-refractivity contribution in [2.75, 3.05) is 0 Å². The van der Waals surface area contributed by atoms with Crippen LogP contribution in [0.25, 0.3) is 0 Å². The van der Waals surface area contributed by atoms with Gasteiger partial charge in [-0.1, -0.05) is 0 Å². The summed E-state index contributed by atoms with van der Waals surface area (Å²) < 4.78 is 1.69. The normalized spacial score (nSPS) is 2.25. The fourth-order valence-electron chi connectivity index (χ4n) is 0. The van der Waals surface area contributed by atoms with Crippen LogP contribution in [0.5, 0.6) is 0 Å². The van der Waals surface area contributed by atoms with Gasteiger partial charge in [-0.2, -0.15) is 0 Å². The summed E-state index contributed by atoms with van der Waals surface area (Å²) in [5.74, 6) is 0. The maximum atomic E-state index is 7.29. The summed E-state index contributed by atoms with van der Waals surface area (Å²) >= 11 is 1.73. The van der Waals surface area contributed by atoms with Crippen molar-refractivity contribution in [1.29, 1.82) is 5.26 Å². The van der Waals surface area contributed by atoms with E-state index in [1.165, 1.54) is 0 Å². The van der Waals surface area contributed by atoms with Crippen LogP contribution in [0.4, 0.5) is 0 Å². The van der Waals surface area contributed by atoms with E-state index in [0.29, 0.717) is 0 Å². The average molecular weight is 287 g/mol. The van der Waals surface area contributed by atoms with Crippen LogP contribution in [0.1, 0.15) is 0 Å². The average Bonchev–Trinajstić information content (AvgIpc) is 0.918. The molecule has 0 amide bonds. The molecule has 4 heavy (non-hydrogen) atoms. The molecule has 0 fully saturated rings. The number of nitrogens with zero attached hydrogens (tertiary/aromatic N) is 1. The van der Waals surface area contributed by atoms with Crippen molar-refractivity contribution < 1.29 is 38.1 Å². The molecule has 0 aliphatic rings. The molecule has 0 aliphatic carbocycles. The molecule has 0 unspecified atom stereocenters. The molecule has 3 heteroatoms. The second kappa shape index (κ2) is 9.26. The summed E-state index contributed by atoms with van der Waals surface area (Å²) in [6.07, 6.45) is 0. The van der Waals surface area contributed by atoms with Crippen LogP contribution in [0.15, 0.2) is 0 Å². The Labute approximate surface area is 47.8 Å². The van der Waals surface area contributed by atoms with E-state index in [4.69, 9.17) is 5.26 Å². The van der Waals surface area contributed by atoms with E-state index in [1.807, 2.05) is 0 Å². The minimum absolute atomic E-state index is 0. The predicted octanol–water partition coefficient (Wildman–Crippen LogP) is 0.0118. The Morgan fingerprint density at radius 2 is 1.75 bits per heavy atom. The molecule has 0 bridgehead atoms. The molecular weight excluding hydrogens is 287 g/mol. The first kappa shape index (κ1) is 8.83. The van der Waals surface area contributed by atoms with Crippen LogP contribution in [0.3, 0.4) is 0 Å². The molecule has 0 aromatic heterocycles. The zero-order chi connectivity index (χ0) is 2.71. The quantitative estimate of drug-likeness (QED) is 0.576. The van der Waals surface area contributed by atoms with E-state index in [0.717, 1.165) is 0 Å². The summed E-state index contributed by atoms with van der Waals surface area (Å²) in [6, 6.07) is 0. The Kier molecular flexibility index (Phi) is 20.4. The standard InChI is InChI=1S/CN.Au.Cu/c1-2;;. The summed E-state index contributed by atoms with van der Waals surface area (Å²) in [7, 11) is 0. The third-order valence-electron chi connectivity index (χ3n) is 0.